The fourth-order valence-electron chi connectivity index (χ4n) is 3.40. The summed E-state index contributed by atoms with van der Waals surface area (Å²) in [4.78, 5) is 16.9. The van der Waals surface area contributed by atoms with E-state index in [0.717, 1.165) is 11.6 Å². The summed E-state index contributed by atoms with van der Waals surface area (Å²) in [5, 5.41) is 8.65. The van der Waals surface area contributed by atoms with Crippen molar-refractivity contribution in [3.63, 3.8) is 0 Å². The summed E-state index contributed by atoms with van der Waals surface area (Å²) in [5.74, 6) is 2.74. The minimum atomic E-state index is -0.0142. The van der Waals surface area contributed by atoms with E-state index in [1.807, 2.05) is 46.1 Å². The molecule has 1 fully saturated rings. The quantitative estimate of drug-likeness (QED) is 0.662. The third-order valence-corrected chi connectivity index (χ3v) is 5.03. The number of piperazine rings is 1. The van der Waals surface area contributed by atoms with Crippen molar-refractivity contribution in [2.24, 2.45) is 0 Å². The Balaban J connectivity index is 1.39. The first-order valence-electron chi connectivity index (χ1n) is 9.43. The van der Waals surface area contributed by atoms with Gasteiger partial charge in [-0.3, -0.25) is 4.79 Å². The van der Waals surface area contributed by atoms with Gasteiger partial charge in [0, 0.05) is 44.1 Å². The van der Waals surface area contributed by atoms with E-state index >= 15 is 0 Å². The SMILES string of the molecule is COc1ccc(C(=O)N2CCN(c3ccc(-n4cccc4)nn3)CC2)cc1OC. The first-order valence-corrected chi connectivity index (χ1v) is 9.43. The Morgan fingerprint density at radius 2 is 1.52 bits per heavy atom. The molecule has 4 rings (SSSR count). The Morgan fingerprint density at radius 1 is 0.862 bits per heavy atom. The molecule has 2 aromatic heterocycles. The van der Waals surface area contributed by atoms with Crippen molar-refractivity contribution in [1.82, 2.24) is 19.7 Å². The predicted molar refractivity (Wildman–Crippen MR) is 109 cm³/mol. The fraction of sp³-hybridized carbons (Fsp3) is 0.286. The van der Waals surface area contributed by atoms with Crippen LogP contribution in [-0.4, -0.2) is 66.0 Å². The Hall–Kier alpha value is -3.55. The lowest BCUT2D eigenvalue weighted by Crippen LogP contribution is -2.49. The number of amides is 1. The van der Waals surface area contributed by atoms with Crippen LogP contribution in [0.3, 0.4) is 0 Å². The third kappa shape index (κ3) is 3.87. The maximum Gasteiger partial charge on any atom is 0.254 e. The van der Waals surface area contributed by atoms with Crippen LogP contribution in [0.4, 0.5) is 5.82 Å². The van der Waals surface area contributed by atoms with Crippen LogP contribution in [0.5, 0.6) is 11.5 Å². The molecule has 29 heavy (non-hydrogen) atoms. The van der Waals surface area contributed by atoms with Crippen LogP contribution < -0.4 is 14.4 Å². The molecular formula is C21H23N5O3. The molecule has 8 heteroatoms. The molecule has 0 N–H and O–H groups in total. The van der Waals surface area contributed by atoms with E-state index in [0.29, 0.717) is 43.2 Å². The molecule has 3 aromatic rings. The molecule has 8 nitrogen and oxygen atoms in total. The van der Waals surface area contributed by atoms with Gasteiger partial charge in [-0.25, -0.2) is 0 Å². The van der Waals surface area contributed by atoms with E-state index in [9.17, 15) is 4.79 Å². The smallest absolute Gasteiger partial charge is 0.254 e. The monoisotopic (exact) mass is 393 g/mol. The maximum absolute atomic E-state index is 12.9. The lowest BCUT2D eigenvalue weighted by atomic mass is 10.1. The van der Waals surface area contributed by atoms with E-state index in [4.69, 9.17) is 9.47 Å². The van der Waals surface area contributed by atoms with Gasteiger partial charge >= 0.3 is 0 Å². The highest BCUT2D eigenvalue weighted by Gasteiger charge is 2.24. The van der Waals surface area contributed by atoms with E-state index in [-0.39, 0.29) is 5.91 Å². The minimum Gasteiger partial charge on any atom is -0.493 e. The molecule has 0 bridgehead atoms. The number of carbonyl (C=O) groups is 1. The first kappa shape index (κ1) is 18.8. The number of ether oxygens (including phenoxy) is 2. The third-order valence-electron chi connectivity index (χ3n) is 5.03. The van der Waals surface area contributed by atoms with Crippen LogP contribution in [0.2, 0.25) is 0 Å². The Morgan fingerprint density at radius 3 is 2.14 bits per heavy atom. The average molecular weight is 393 g/mol. The van der Waals surface area contributed by atoms with Crippen LogP contribution >= 0.6 is 0 Å². The summed E-state index contributed by atoms with van der Waals surface area (Å²) in [6.45, 7) is 2.65. The summed E-state index contributed by atoms with van der Waals surface area (Å²) < 4.78 is 12.5. The lowest BCUT2D eigenvalue weighted by molar-refractivity contribution is 0.0746. The van der Waals surface area contributed by atoms with Gasteiger partial charge in [0.2, 0.25) is 0 Å². The number of methoxy groups -OCH3 is 2. The van der Waals surface area contributed by atoms with E-state index < -0.39 is 0 Å². The molecule has 0 radical (unpaired) electrons. The fourth-order valence-corrected chi connectivity index (χ4v) is 3.40. The van der Waals surface area contributed by atoms with Crippen LogP contribution in [0.25, 0.3) is 5.82 Å². The molecule has 1 aliphatic rings. The number of aromatic nitrogens is 3. The normalized spacial score (nSPS) is 14.0. The van der Waals surface area contributed by atoms with Crippen LogP contribution in [0.1, 0.15) is 10.4 Å². The highest BCUT2D eigenvalue weighted by Crippen LogP contribution is 2.28. The van der Waals surface area contributed by atoms with E-state index in [1.54, 1.807) is 32.4 Å². The van der Waals surface area contributed by atoms with Gasteiger partial charge in [-0.1, -0.05) is 0 Å². The number of hydrogen-bond acceptors (Lipinski definition) is 6. The summed E-state index contributed by atoms with van der Waals surface area (Å²) in [7, 11) is 3.14. The number of carbonyl (C=O) groups excluding carboxylic acids is 1. The molecule has 0 aliphatic carbocycles. The summed E-state index contributed by atoms with van der Waals surface area (Å²) in [6.07, 6.45) is 3.87. The highest BCUT2D eigenvalue weighted by atomic mass is 16.5. The first-order chi connectivity index (χ1) is 14.2. The van der Waals surface area contributed by atoms with Gasteiger partial charge < -0.3 is 23.8 Å². The summed E-state index contributed by atoms with van der Waals surface area (Å²) in [6, 6.07) is 13.1. The van der Waals surface area contributed by atoms with E-state index in [1.165, 1.54) is 0 Å². The zero-order valence-corrected chi connectivity index (χ0v) is 16.5. The molecule has 1 aliphatic heterocycles. The standard InChI is InChI=1S/C21H23N5O3/c1-28-17-6-5-16(15-18(17)29-2)21(27)26-13-11-25(12-14-26)20-8-7-19(22-23-20)24-9-3-4-10-24/h3-10,15H,11-14H2,1-2H3. The molecule has 1 amide bonds. The molecule has 0 unspecified atom stereocenters. The second-order valence-electron chi connectivity index (χ2n) is 6.69. The minimum absolute atomic E-state index is 0.0142. The Labute approximate surface area is 169 Å². The van der Waals surface area contributed by atoms with Crippen molar-refractivity contribution < 1.29 is 14.3 Å². The second kappa shape index (κ2) is 8.22. The molecule has 3 heterocycles. The zero-order chi connectivity index (χ0) is 20.2. The maximum atomic E-state index is 12.9. The summed E-state index contributed by atoms with van der Waals surface area (Å²) in [5.41, 5.74) is 0.590. The van der Waals surface area contributed by atoms with Crippen LogP contribution in [-0.2, 0) is 0 Å². The zero-order valence-electron chi connectivity index (χ0n) is 16.5. The second-order valence-corrected chi connectivity index (χ2v) is 6.69. The predicted octanol–water partition coefficient (Wildman–Crippen LogP) is 2.25. The molecule has 1 aromatic carbocycles. The number of hydrogen-bond donors (Lipinski definition) is 0. The number of rotatable bonds is 5. The molecule has 150 valence electrons. The van der Waals surface area contributed by atoms with Gasteiger partial charge in [0.05, 0.1) is 14.2 Å². The van der Waals surface area contributed by atoms with Crippen molar-refractivity contribution in [2.45, 2.75) is 0 Å². The van der Waals surface area contributed by atoms with Gasteiger partial charge in [0.25, 0.3) is 5.91 Å². The van der Waals surface area contributed by atoms with Crippen molar-refractivity contribution in [3.05, 3.63) is 60.4 Å². The van der Waals surface area contributed by atoms with E-state index in [2.05, 4.69) is 15.1 Å². The topological polar surface area (TPSA) is 72.7 Å². The van der Waals surface area contributed by atoms with Gasteiger partial charge in [-0.2, -0.15) is 0 Å². The van der Waals surface area contributed by atoms with Crippen LogP contribution in [0.15, 0.2) is 54.9 Å². The highest BCUT2D eigenvalue weighted by molar-refractivity contribution is 5.95. The Bertz CT molecular complexity index is 964. The largest absolute Gasteiger partial charge is 0.493 e. The van der Waals surface area contributed by atoms with Crippen molar-refractivity contribution >= 4 is 11.7 Å². The van der Waals surface area contributed by atoms with Crippen molar-refractivity contribution in [3.8, 4) is 17.3 Å². The van der Waals surface area contributed by atoms with Gasteiger partial charge in [-0.15, -0.1) is 10.2 Å². The molecule has 0 atom stereocenters. The average Bonchev–Trinajstić information content (AvgIpc) is 3.33. The Kier molecular flexibility index (Phi) is 5.33. The summed E-state index contributed by atoms with van der Waals surface area (Å²) >= 11 is 0. The van der Waals surface area contributed by atoms with Gasteiger partial charge in [-0.05, 0) is 42.5 Å². The van der Waals surface area contributed by atoms with Crippen molar-refractivity contribution in [1.29, 1.82) is 0 Å². The number of benzene rings is 1. The number of anilines is 1. The number of nitrogens with zero attached hydrogens (tertiary/aromatic N) is 5. The lowest BCUT2D eigenvalue weighted by Gasteiger charge is -2.35. The molecule has 0 spiro atoms. The van der Waals surface area contributed by atoms with Gasteiger partial charge in [0.15, 0.2) is 23.1 Å². The molecule has 1 saturated heterocycles. The van der Waals surface area contributed by atoms with Gasteiger partial charge in [0.1, 0.15) is 0 Å². The van der Waals surface area contributed by atoms with Crippen molar-refractivity contribution in [2.75, 3.05) is 45.3 Å². The molecular weight excluding hydrogens is 370 g/mol. The van der Waals surface area contributed by atoms with Crippen LogP contribution in [0, 0.1) is 0 Å². The molecule has 0 saturated carbocycles.